The van der Waals surface area contributed by atoms with E-state index < -0.39 is 5.97 Å². The van der Waals surface area contributed by atoms with Crippen molar-refractivity contribution in [1.29, 1.82) is 0 Å². The van der Waals surface area contributed by atoms with Gasteiger partial charge < -0.3 is 9.84 Å². The Balaban J connectivity index is 2.38. The van der Waals surface area contributed by atoms with Crippen molar-refractivity contribution < 1.29 is 14.6 Å². The number of hydrogen-bond donors (Lipinski definition) is 1. The summed E-state index contributed by atoms with van der Waals surface area (Å²) in [6, 6.07) is 9.40. The van der Waals surface area contributed by atoms with Gasteiger partial charge in [0.25, 0.3) is 0 Å². The Bertz CT molecular complexity index is 822. The third-order valence-corrected chi connectivity index (χ3v) is 4.09. The largest absolute Gasteiger partial charge is 0.507 e. The van der Waals surface area contributed by atoms with Crippen molar-refractivity contribution in [3.63, 3.8) is 0 Å². The molecular formula is C21H26N2O3. The maximum atomic E-state index is 12.3. The van der Waals surface area contributed by atoms with Crippen LogP contribution in [0.2, 0.25) is 0 Å². The maximum Gasteiger partial charge on any atom is 0.342 e. The average molecular weight is 354 g/mol. The van der Waals surface area contributed by atoms with Gasteiger partial charge in [0, 0.05) is 0 Å². The number of benzene rings is 2. The zero-order chi connectivity index (χ0) is 19.4. The fourth-order valence-corrected chi connectivity index (χ4v) is 2.67. The molecule has 0 unspecified atom stereocenters. The highest BCUT2D eigenvalue weighted by Crippen LogP contribution is 2.35. The zero-order valence-corrected chi connectivity index (χ0v) is 16.2. The number of phenolic OH excluding ortho intramolecular Hbond substituents is 1. The Morgan fingerprint density at radius 2 is 1.65 bits per heavy atom. The van der Waals surface area contributed by atoms with E-state index in [0.29, 0.717) is 17.2 Å². The lowest BCUT2D eigenvalue weighted by Gasteiger charge is -2.14. The molecule has 2 aromatic rings. The summed E-state index contributed by atoms with van der Waals surface area (Å²) in [5.74, 6) is -0.212. The number of esters is 1. The van der Waals surface area contributed by atoms with Gasteiger partial charge in [-0.2, -0.15) is 5.11 Å². The molecule has 0 aliphatic heterocycles. The van der Waals surface area contributed by atoms with E-state index in [1.54, 1.807) is 20.8 Å². The van der Waals surface area contributed by atoms with Crippen LogP contribution in [0.1, 0.15) is 60.7 Å². The van der Waals surface area contributed by atoms with Gasteiger partial charge in [0.1, 0.15) is 11.3 Å². The smallest absolute Gasteiger partial charge is 0.342 e. The summed E-state index contributed by atoms with van der Waals surface area (Å²) in [6.45, 7) is 11.4. The van der Waals surface area contributed by atoms with Crippen molar-refractivity contribution >= 4 is 17.3 Å². The quantitative estimate of drug-likeness (QED) is 0.520. The molecule has 0 fully saturated rings. The Hall–Kier alpha value is -2.69. The third-order valence-electron chi connectivity index (χ3n) is 4.09. The van der Waals surface area contributed by atoms with Crippen LogP contribution >= 0.6 is 0 Å². The molecule has 0 bridgehead atoms. The van der Waals surface area contributed by atoms with Crippen LogP contribution in [0.4, 0.5) is 11.4 Å². The van der Waals surface area contributed by atoms with Crippen LogP contribution in [-0.2, 0) is 4.74 Å². The first kappa shape index (κ1) is 19.6. The summed E-state index contributed by atoms with van der Waals surface area (Å²) < 4.78 is 5.22. The normalized spacial score (nSPS) is 11.5. The molecule has 0 saturated carbocycles. The Labute approximate surface area is 154 Å². The second-order valence-corrected chi connectivity index (χ2v) is 6.96. The molecule has 2 aromatic carbocycles. The molecule has 0 heterocycles. The molecule has 26 heavy (non-hydrogen) atoms. The van der Waals surface area contributed by atoms with Crippen LogP contribution in [0.25, 0.3) is 0 Å². The number of nitrogens with zero attached hydrogens (tertiary/aromatic N) is 2. The van der Waals surface area contributed by atoms with Crippen LogP contribution in [0.15, 0.2) is 40.6 Å². The van der Waals surface area contributed by atoms with Crippen LogP contribution < -0.4 is 0 Å². The standard InChI is InChI=1S/C21H26N2O3/c1-12(2)16-7-9-17(10-8-16)22-23-20-14(5)11-18(24)19(15(20)6)21(25)26-13(3)4/h7-13,24H,1-6H3. The summed E-state index contributed by atoms with van der Waals surface area (Å²) in [5.41, 5.74) is 3.95. The van der Waals surface area contributed by atoms with E-state index in [1.807, 2.05) is 31.2 Å². The van der Waals surface area contributed by atoms with Crippen molar-refractivity contribution in [2.24, 2.45) is 10.2 Å². The molecule has 0 spiro atoms. The van der Waals surface area contributed by atoms with Gasteiger partial charge in [-0.05, 0) is 68.5 Å². The van der Waals surface area contributed by atoms with E-state index in [-0.39, 0.29) is 17.4 Å². The van der Waals surface area contributed by atoms with Crippen LogP contribution in [0, 0.1) is 13.8 Å². The van der Waals surface area contributed by atoms with E-state index in [4.69, 9.17) is 4.74 Å². The number of carbonyl (C=O) groups is 1. The Kier molecular flexibility index (Phi) is 6.14. The van der Waals surface area contributed by atoms with Crippen molar-refractivity contribution in [3.8, 4) is 5.75 Å². The number of phenols is 1. The first-order valence-corrected chi connectivity index (χ1v) is 8.76. The number of aryl methyl sites for hydroxylation is 1. The van der Waals surface area contributed by atoms with Gasteiger partial charge in [0.15, 0.2) is 0 Å². The molecule has 0 radical (unpaired) electrons. The fourth-order valence-electron chi connectivity index (χ4n) is 2.67. The predicted molar refractivity (Wildman–Crippen MR) is 103 cm³/mol. The minimum Gasteiger partial charge on any atom is -0.507 e. The summed E-state index contributed by atoms with van der Waals surface area (Å²) in [7, 11) is 0. The van der Waals surface area contributed by atoms with Crippen molar-refractivity contribution in [2.45, 2.75) is 53.6 Å². The molecule has 1 N–H and O–H groups in total. The van der Waals surface area contributed by atoms with E-state index in [9.17, 15) is 9.90 Å². The minimum absolute atomic E-state index is 0.106. The fraction of sp³-hybridized carbons (Fsp3) is 0.381. The van der Waals surface area contributed by atoms with Gasteiger partial charge in [0.2, 0.25) is 0 Å². The number of rotatable bonds is 5. The second-order valence-electron chi connectivity index (χ2n) is 6.96. The lowest BCUT2D eigenvalue weighted by molar-refractivity contribution is 0.0374. The van der Waals surface area contributed by atoms with Crippen LogP contribution in [0.5, 0.6) is 5.75 Å². The lowest BCUT2D eigenvalue weighted by Crippen LogP contribution is -2.13. The zero-order valence-electron chi connectivity index (χ0n) is 16.2. The topological polar surface area (TPSA) is 71.2 Å². The molecular weight excluding hydrogens is 328 g/mol. The van der Waals surface area contributed by atoms with Crippen molar-refractivity contribution in [1.82, 2.24) is 0 Å². The summed E-state index contributed by atoms with van der Waals surface area (Å²) in [4.78, 5) is 12.3. The van der Waals surface area contributed by atoms with E-state index in [2.05, 4.69) is 24.1 Å². The van der Waals surface area contributed by atoms with E-state index >= 15 is 0 Å². The molecule has 2 rings (SSSR count). The summed E-state index contributed by atoms with van der Waals surface area (Å²) in [6.07, 6.45) is -0.271. The minimum atomic E-state index is -0.562. The van der Waals surface area contributed by atoms with Crippen LogP contribution in [0.3, 0.4) is 0 Å². The molecule has 5 heteroatoms. The van der Waals surface area contributed by atoms with Crippen LogP contribution in [-0.4, -0.2) is 17.2 Å². The molecule has 138 valence electrons. The Morgan fingerprint density at radius 3 is 2.19 bits per heavy atom. The number of aromatic hydroxyl groups is 1. The van der Waals surface area contributed by atoms with E-state index in [0.717, 1.165) is 11.3 Å². The molecule has 5 nitrogen and oxygen atoms in total. The highest BCUT2D eigenvalue weighted by atomic mass is 16.5. The SMILES string of the molecule is Cc1cc(O)c(C(=O)OC(C)C)c(C)c1N=Nc1ccc(C(C)C)cc1. The predicted octanol–water partition coefficient (Wildman–Crippen LogP) is 6.11. The molecule has 0 aliphatic rings. The lowest BCUT2D eigenvalue weighted by atomic mass is 10.0. The van der Waals surface area contributed by atoms with Gasteiger partial charge >= 0.3 is 5.97 Å². The number of ether oxygens (including phenoxy) is 1. The molecule has 0 atom stereocenters. The number of hydrogen-bond acceptors (Lipinski definition) is 5. The third kappa shape index (κ3) is 4.48. The van der Waals surface area contributed by atoms with Crippen molar-refractivity contribution in [2.75, 3.05) is 0 Å². The van der Waals surface area contributed by atoms with Gasteiger partial charge in [-0.15, -0.1) is 5.11 Å². The highest BCUT2D eigenvalue weighted by Gasteiger charge is 2.21. The second kappa shape index (κ2) is 8.13. The van der Waals surface area contributed by atoms with Gasteiger partial charge in [0.05, 0.1) is 17.5 Å². The molecule has 0 amide bonds. The van der Waals surface area contributed by atoms with Gasteiger partial charge in [-0.25, -0.2) is 4.79 Å². The monoisotopic (exact) mass is 354 g/mol. The average Bonchev–Trinajstić information content (AvgIpc) is 2.53. The first-order chi connectivity index (χ1) is 12.2. The van der Waals surface area contributed by atoms with Gasteiger partial charge in [-0.3, -0.25) is 0 Å². The molecule has 0 aromatic heterocycles. The maximum absolute atomic E-state index is 12.3. The first-order valence-electron chi connectivity index (χ1n) is 8.76. The highest BCUT2D eigenvalue weighted by molar-refractivity contribution is 5.96. The number of carbonyl (C=O) groups excluding carboxylic acids is 1. The number of azo groups is 1. The molecule has 0 aliphatic carbocycles. The van der Waals surface area contributed by atoms with Crippen molar-refractivity contribution in [3.05, 3.63) is 52.6 Å². The summed E-state index contributed by atoms with van der Waals surface area (Å²) in [5, 5.41) is 18.8. The molecule has 0 saturated heterocycles. The van der Waals surface area contributed by atoms with Gasteiger partial charge in [-0.1, -0.05) is 26.0 Å². The summed E-state index contributed by atoms with van der Waals surface area (Å²) >= 11 is 0. The Morgan fingerprint density at radius 1 is 1.04 bits per heavy atom. The van der Waals surface area contributed by atoms with E-state index in [1.165, 1.54) is 11.6 Å².